The molecule has 0 spiro atoms. The first-order valence-electron chi connectivity index (χ1n) is 7.18. The molecule has 2 aliphatic heterocycles. The zero-order valence-electron chi connectivity index (χ0n) is 11.3. The molecule has 0 radical (unpaired) electrons. The van der Waals surface area contributed by atoms with Gasteiger partial charge in [0.25, 0.3) is 0 Å². The van der Waals surface area contributed by atoms with E-state index in [0.717, 1.165) is 36.9 Å². The van der Waals surface area contributed by atoms with Gasteiger partial charge in [0.2, 0.25) is 0 Å². The van der Waals surface area contributed by atoms with Crippen LogP contribution in [-0.4, -0.2) is 23.2 Å². The van der Waals surface area contributed by atoms with Crippen LogP contribution in [0.3, 0.4) is 0 Å². The molecule has 104 valence electrons. The van der Waals surface area contributed by atoms with E-state index in [4.69, 9.17) is 5.11 Å². The van der Waals surface area contributed by atoms with Crippen LogP contribution in [0.5, 0.6) is 0 Å². The van der Waals surface area contributed by atoms with E-state index in [1.807, 2.05) is 24.3 Å². The van der Waals surface area contributed by atoms with E-state index < -0.39 is 5.97 Å². The molecule has 2 aliphatic rings. The molecule has 1 aromatic carbocycles. The number of piperidine rings is 1. The van der Waals surface area contributed by atoms with Gasteiger partial charge in [-0.15, -0.1) is 0 Å². The van der Waals surface area contributed by atoms with Crippen molar-refractivity contribution < 1.29 is 9.90 Å². The minimum atomic E-state index is -0.694. The summed E-state index contributed by atoms with van der Waals surface area (Å²) < 4.78 is 0. The summed E-state index contributed by atoms with van der Waals surface area (Å²) in [6.45, 7) is 0. The van der Waals surface area contributed by atoms with Gasteiger partial charge in [0.15, 0.2) is 0 Å². The summed E-state index contributed by atoms with van der Waals surface area (Å²) in [7, 11) is 0. The molecular formula is C16H18N2O2. The van der Waals surface area contributed by atoms with Crippen molar-refractivity contribution >= 4 is 11.7 Å². The van der Waals surface area contributed by atoms with Crippen molar-refractivity contribution in [1.29, 1.82) is 5.26 Å². The summed E-state index contributed by atoms with van der Waals surface area (Å²) in [5.41, 5.74) is 1.75. The van der Waals surface area contributed by atoms with Crippen LogP contribution in [0.4, 0.5) is 5.69 Å². The van der Waals surface area contributed by atoms with Crippen molar-refractivity contribution in [2.45, 2.75) is 44.2 Å². The average molecular weight is 270 g/mol. The molecule has 20 heavy (non-hydrogen) atoms. The number of hydrogen-bond acceptors (Lipinski definition) is 3. The third kappa shape index (κ3) is 2.24. The van der Waals surface area contributed by atoms with Gasteiger partial charge in [-0.2, -0.15) is 5.26 Å². The number of aliphatic carboxylic acids is 1. The fourth-order valence-corrected chi connectivity index (χ4v) is 3.89. The van der Waals surface area contributed by atoms with Crippen LogP contribution in [-0.2, 0) is 4.79 Å². The number of para-hydroxylation sites is 1. The Morgan fingerprint density at radius 3 is 2.55 bits per heavy atom. The van der Waals surface area contributed by atoms with Crippen LogP contribution < -0.4 is 4.90 Å². The monoisotopic (exact) mass is 270 g/mol. The van der Waals surface area contributed by atoms with Crippen molar-refractivity contribution in [1.82, 2.24) is 0 Å². The lowest BCUT2D eigenvalue weighted by atomic mass is 9.87. The number of carboxylic acids is 1. The quantitative estimate of drug-likeness (QED) is 0.917. The van der Waals surface area contributed by atoms with E-state index in [1.54, 1.807) is 0 Å². The minimum Gasteiger partial charge on any atom is -0.481 e. The molecule has 0 aliphatic carbocycles. The molecule has 0 saturated carbocycles. The third-order valence-electron chi connectivity index (χ3n) is 4.60. The molecule has 2 saturated heterocycles. The Balaban J connectivity index is 1.84. The highest BCUT2D eigenvalue weighted by Crippen LogP contribution is 2.43. The number of nitriles is 1. The summed E-state index contributed by atoms with van der Waals surface area (Å²) in [6.07, 6.45) is 4.37. The molecular weight excluding hydrogens is 252 g/mol. The normalized spacial score (nSPS) is 28.1. The first kappa shape index (κ1) is 13.0. The molecule has 4 nitrogen and oxygen atoms in total. The van der Waals surface area contributed by atoms with E-state index in [9.17, 15) is 10.1 Å². The van der Waals surface area contributed by atoms with Gasteiger partial charge in [0, 0.05) is 18.5 Å². The number of anilines is 1. The highest BCUT2D eigenvalue weighted by molar-refractivity contribution is 5.67. The van der Waals surface area contributed by atoms with Crippen LogP contribution in [0, 0.1) is 17.2 Å². The number of rotatable bonds is 3. The number of carboxylic acid groups (broad SMARTS) is 1. The van der Waals surface area contributed by atoms with Crippen LogP contribution in [0.1, 0.15) is 37.7 Å². The first-order chi connectivity index (χ1) is 9.69. The average Bonchev–Trinajstić information content (AvgIpc) is 2.69. The van der Waals surface area contributed by atoms with E-state index >= 15 is 0 Å². The Morgan fingerprint density at radius 1 is 1.30 bits per heavy atom. The maximum absolute atomic E-state index is 10.9. The van der Waals surface area contributed by atoms with Crippen molar-refractivity contribution in [3.05, 3.63) is 29.8 Å². The second-order valence-electron chi connectivity index (χ2n) is 5.86. The maximum atomic E-state index is 10.9. The SMILES string of the molecule is N#Cc1ccccc1N1C2CCC1CC(CC(=O)O)C2. The molecule has 1 aromatic rings. The number of hydrogen-bond donors (Lipinski definition) is 1. The second kappa shape index (κ2) is 5.16. The molecule has 2 fully saturated rings. The van der Waals surface area contributed by atoms with E-state index in [0.29, 0.717) is 12.1 Å². The van der Waals surface area contributed by atoms with Crippen LogP contribution in [0.25, 0.3) is 0 Å². The zero-order chi connectivity index (χ0) is 14.1. The predicted molar refractivity (Wildman–Crippen MR) is 75.4 cm³/mol. The maximum Gasteiger partial charge on any atom is 0.303 e. The van der Waals surface area contributed by atoms with Crippen molar-refractivity contribution in [3.63, 3.8) is 0 Å². The Labute approximate surface area is 118 Å². The molecule has 2 heterocycles. The predicted octanol–water partition coefficient (Wildman–Crippen LogP) is 2.78. The Morgan fingerprint density at radius 2 is 1.95 bits per heavy atom. The molecule has 0 amide bonds. The summed E-state index contributed by atoms with van der Waals surface area (Å²) in [5.74, 6) is -0.407. The third-order valence-corrected chi connectivity index (χ3v) is 4.60. The van der Waals surface area contributed by atoms with E-state index in [2.05, 4.69) is 11.0 Å². The molecule has 1 N–H and O–H groups in total. The number of carbonyl (C=O) groups is 1. The number of fused-ring (bicyclic) bond motifs is 2. The largest absolute Gasteiger partial charge is 0.481 e. The molecule has 4 heteroatoms. The molecule has 2 atom stereocenters. The lowest BCUT2D eigenvalue weighted by molar-refractivity contribution is -0.138. The van der Waals surface area contributed by atoms with E-state index in [1.165, 1.54) is 0 Å². The van der Waals surface area contributed by atoms with Crippen LogP contribution in [0.2, 0.25) is 0 Å². The standard InChI is InChI=1S/C16H18N2O2/c17-10-12-3-1-2-4-15(12)18-13-5-6-14(18)8-11(7-13)9-16(19)20/h1-4,11,13-14H,5-9H2,(H,19,20). The molecule has 2 bridgehead atoms. The Hall–Kier alpha value is -2.02. The fraction of sp³-hybridized carbons (Fsp3) is 0.500. The zero-order valence-corrected chi connectivity index (χ0v) is 11.3. The highest BCUT2D eigenvalue weighted by atomic mass is 16.4. The van der Waals surface area contributed by atoms with Crippen molar-refractivity contribution in [3.8, 4) is 6.07 Å². The van der Waals surface area contributed by atoms with E-state index in [-0.39, 0.29) is 12.3 Å². The highest BCUT2D eigenvalue weighted by Gasteiger charge is 2.41. The number of benzene rings is 1. The summed E-state index contributed by atoms with van der Waals surface area (Å²) in [5, 5.41) is 18.2. The van der Waals surface area contributed by atoms with Crippen LogP contribution in [0.15, 0.2) is 24.3 Å². The summed E-state index contributed by atoms with van der Waals surface area (Å²) in [6, 6.07) is 10.8. The van der Waals surface area contributed by atoms with Gasteiger partial charge in [-0.05, 0) is 43.7 Å². The Kier molecular flexibility index (Phi) is 3.35. The minimum absolute atomic E-state index is 0.279. The second-order valence-corrected chi connectivity index (χ2v) is 5.86. The van der Waals surface area contributed by atoms with Gasteiger partial charge < -0.3 is 10.0 Å². The van der Waals surface area contributed by atoms with Gasteiger partial charge in [-0.3, -0.25) is 4.79 Å². The smallest absolute Gasteiger partial charge is 0.303 e. The first-order valence-corrected chi connectivity index (χ1v) is 7.18. The molecule has 3 rings (SSSR count). The molecule has 0 aromatic heterocycles. The topological polar surface area (TPSA) is 64.3 Å². The summed E-state index contributed by atoms with van der Waals surface area (Å²) in [4.78, 5) is 13.3. The van der Waals surface area contributed by atoms with Gasteiger partial charge in [-0.1, -0.05) is 12.1 Å². The van der Waals surface area contributed by atoms with Gasteiger partial charge in [0.05, 0.1) is 11.3 Å². The fourth-order valence-electron chi connectivity index (χ4n) is 3.89. The van der Waals surface area contributed by atoms with Gasteiger partial charge in [-0.25, -0.2) is 0 Å². The molecule has 2 unspecified atom stereocenters. The summed E-state index contributed by atoms with van der Waals surface area (Å²) >= 11 is 0. The van der Waals surface area contributed by atoms with Gasteiger partial charge >= 0.3 is 5.97 Å². The van der Waals surface area contributed by atoms with Crippen molar-refractivity contribution in [2.24, 2.45) is 5.92 Å². The van der Waals surface area contributed by atoms with Gasteiger partial charge in [0.1, 0.15) is 6.07 Å². The number of nitrogens with zero attached hydrogens (tertiary/aromatic N) is 2. The lowest BCUT2D eigenvalue weighted by Gasteiger charge is -2.40. The Bertz CT molecular complexity index is 550. The van der Waals surface area contributed by atoms with Crippen molar-refractivity contribution in [2.75, 3.05) is 4.90 Å². The lowest BCUT2D eigenvalue weighted by Crippen LogP contribution is -2.43. The van der Waals surface area contributed by atoms with Crippen LogP contribution >= 0.6 is 0 Å².